The first-order valence-corrected chi connectivity index (χ1v) is 5.68. The summed E-state index contributed by atoms with van der Waals surface area (Å²) < 4.78 is 0. The zero-order chi connectivity index (χ0) is 11.3. The molecule has 15 heavy (non-hydrogen) atoms. The summed E-state index contributed by atoms with van der Waals surface area (Å²) in [5, 5.41) is 0. The molecule has 0 aliphatic carbocycles. The van der Waals surface area contributed by atoms with Crippen LogP contribution in [0, 0.1) is 0 Å². The van der Waals surface area contributed by atoms with E-state index in [0.717, 1.165) is 12.8 Å². The van der Waals surface area contributed by atoms with Crippen LogP contribution < -0.4 is 0 Å². The minimum absolute atomic E-state index is 0.599. The molecule has 0 radical (unpaired) electrons. The number of benzene rings is 1. The maximum absolute atomic E-state index is 3.75. The van der Waals surface area contributed by atoms with Gasteiger partial charge in [0.05, 0.1) is 0 Å². The van der Waals surface area contributed by atoms with Crippen molar-refractivity contribution in [1.82, 2.24) is 0 Å². The summed E-state index contributed by atoms with van der Waals surface area (Å²) in [6.07, 6.45) is 2.20. The lowest BCUT2D eigenvalue weighted by Crippen LogP contribution is -1.88. The molecule has 0 spiro atoms. The van der Waals surface area contributed by atoms with Gasteiger partial charge in [0.2, 0.25) is 0 Å². The minimum atomic E-state index is 0.599. The SMILES string of the molecule is C=C=C(CCC)c1ccc(C(C)C)cc1. The molecule has 0 atom stereocenters. The van der Waals surface area contributed by atoms with E-state index in [1.807, 2.05) is 0 Å². The molecule has 0 N–H and O–H groups in total. The summed E-state index contributed by atoms with van der Waals surface area (Å²) in [4.78, 5) is 0. The molecular weight excluding hydrogens is 180 g/mol. The molecule has 0 nitrogen and oxygen atoms in total. The molecule has 0 bridgehead atoms. The van der Waals surface area contributed by atoms with Gasteiger partial charge in [0.15, 0.2) is 0 Å². The molecule has 0 saturated carbocycles. The first-order valence-electron chi connectivity index (χ1n) is 5.68. The Morgan fingerprint density at radius 3 is 2.27 bits per heavy atom. The smallest absolute Gasteiger partial charge is 0.000570 e. The van der Waals surface area contributed by atoms with Gasteiger partial charge in [-0.3, -0.25) is 0 Å². The summed E-state index contributed by atoms with van der Waals surface area (Å²) >= 11 is 0. The van der Waals surface area contributed by atoms with Crippen molar-refractivity contribution in [2.45, 2.75) is 39.5 Å². The monoisotopic (exact) mass is 200 g/mol. The topological polar surface area (TPSA) is 0 Å². The van der Waals surface area contributed by atoms with E-state index >= 15 is 0 Å². The summed E-state index contributed by atoms with van der Waals surface area (Å²) in [5.41, 5.74) is 6.91. The quantitative estimate of drug-likeness (QED) is 0.614. The zero-order valence-corrected chi connectivity index (χ0v) is 10.0. The Kier molecular flexibility index (Phi) is 4.39. The maximum atomic E-state index is 3.75. The van der Waals surface area contributed by atoms with E-state index in [1.165, 1.54) is 16.7 Å². The third-order valence-corrected chi connectivity index (χ3v) is 2.64. The lowest BCUT2D eigenvalue weighted by molar-refractivity contribution is 0.866. The molecule has 0 unspecified atom stereocenters. The van der Waals surface area contributed by atoms with Gasteiger partial charge in [-0.25, -0.2) is 0 Å². The molecule has 0 aromatic heterocycles. The summed E-state index contributed by atoms with van der Waals surface area (Å²) in [7, 11) is 0. The van der Waals surface area contributed by atoms with E-state index in [0.29, 0.717) is 5.92 Å². The van der Waals surface area contributed by atoms with Gasteiger partial charge in [-0.1, -0.05) is 58.0 Å². The first kappa shape index (κ1) is 11.8. The van der Waals surface area contributed by atoms with Gasteiger partial charge in [-0.2, -0.15) is 0 Å². The van der Waals surface area contributed by atoms with Crippen molar-refractivity contribution in [3.05, 3.63) is 47.7 Å². The maximum Gasteiger partial charge on any atom is 0.000570 e. The predicted molar refractivity (Wildman–Crippen MR) is 68.0 cm³/mol. The highest BCUT2D eigenvalue weighted by atomic mass is 14.1. The fourth-order valence-electron chi connectivity index (χ4n) is 1.65. The summed E-state index contributed by atoms with van der Waals surface area (Å²) in [6.45, 7) is 10.4. The molecule has 0 aliphatic rings. The Labute approximate surface area is 93.3 Å². The highest BCUT2D eigenvalue weighted by molar-refractivity contribution is 5.64. The fourth-order valence-corrected chi connectivity index (χ4v) is 1.65. The van der Waals surface area contributed by atoms with E-state index in [2.05, 4.69) is 57.3 Å². The van der Waals surface area contributed by atoms with E-state index in [4.69, 9.17) is 0 Å². The lowest BCUT2D eigenvalue weighted by atomic mass is 9.97. The second-order valence-electron chi connectivity index (χ2n) is 4.18. The van der Waals surface area contributed by atoms with E-state index in [9.17, 15) is 0 Å². The van der Waals surface area contributed by atoms with Crippen LogP contribution in [-0.4, -0.2) is 0 Å². The van der Waals surface area contributed by atoms with Crippen LogP contribution >= 0.6 is 0 Å². The normalized spacial score (nSPS) is 10.1. The molecule has 0 heterocycles. The minimum Gasteiger partial charge on any atom is -0.125 e. The van der Waals surface area contributed by atoms with Crippen LogP contribution in [0.4, 0.5) is 0 Å². The number of hydrogen-bond acceptors (Lipinski definition) is 0. The molecule has 0 fully saturated rings. The van der Waals surface area contributed by atoms with Gasteiger partial charge >= 0.3 is 0 Å². The van der Waals surface area contributed by atoms with Crippen LogP contribution in [0.25, 0.3) is 5.57 Å². The second kappa shape index (κ2) is 5.58. The van der Waals surface area contributed by atoms with Crippen molar-refractivity contribution in [3.8, 4) is 0 Å². The van der Waals surface area contributed by atoms with E-state index in [1.54, 1.807) is 0 Å². The van der Waals surface area contributed by atoms with Crippen LogP contribution in [0.15, 0.2) is 36.6 Å². The standard InChI is InChI=1S/C15H20/c1-5-7-13(6-2)15-10-8-14(9-11-15)12(3)4/h8-12H,2,5,7H2,1,3-4H3. The Hall–Kier alpha value is -1.26. The third kappa shape index (κ3) is 3.11. The van der Waals surface area contributed by atoms with Crippen molar-refractivity contribution < 1.29 is 0 Å². The van der Waals surface area contributed by atoms with Gasteiger partial charge in [0.1, 0.15) is 0 Å². The van der Waals surface area contributed by atoms with Crippen molar-refractivity contribution in [2.24, 2.45) is 0 Å². The molecular formula is C15H20. The second-order valence-corrected chi connectivity index (χ2v) is 4.18. The zero-order valence-electron chi connectivity index (χ0n) is 10.0. The van der Waals surface area contributed by atoms with Crippen molar-refractivity contribution in [1.29, 1.82) is 0 Å². The van der Waals surface area contributed by atoms with E-state index < -0.39 is 0 Å². The largest absolute Gasteiger partial charge is 0.125 e. The van der Waals surface area contributed by atoms with Crippen LogP contribution in [0.2, 0.25) is 0 Å². The van der Waals surface area contributed by atoms with Gasteiger partial charge in [0.25, 0.3) is 0 Å². The average molecular weight is 200 g/mol. The van der Waals surface area contributed by atoms with Crippen LogP contribution in [-0.2, 0) is 0 Å². The molecule has 0 heteroatoms. The van der Waals surface area contributed by atoms with Crippen LogP contribution in [0.1, 0.15) is 50.7 Å². The molecule has 0 aliphatic heterocycles. The number of hydrogen-bond donors (Lipinski definition) is 0. The molecule has 0 amide bonds. The number of allylic oxidation sites excluding steroid dienone is 1. The molecule has 1 aromatic carbocycles. The first-order chi connectivity index (χ1) is 7.19. The Morgan fingerprint density at radius 1 is 1.27 bits per heavy atom. The fraction of sp³-hybridized carbons (Fsp3) is 0.400. The third-order valence-electron chi connectivity index (χ3n) is 2.64. The Bertz CT molecular complexity index is 348. The predicted octanol–water partition coefficient (Wildman–Crippen LogP) is 4.78. The van der Waals surface area contributed by atoms with Gasteiger partial charge in [0, 0.05) is 5.57 Å². The summed E-state index contributed by atoms with van der Waals surface area (Å²) in [6, 6.07) is 8.76. The van der Waals surface area contributed by atoms with Crippen LogP contribution in [0.5, 0.6) is 0 Å². The Balaban J connectivity index is 2.92. The van der Waals surface area contributed by atoms with Gasteiger partial charge < -0.3 is 0 Å². The highest BCUT2D eigenvalue weighted by Crippen LogP contribution is 2.21. The lowest BCUT2D eigenvalue weighted by Gasteiger charge is -2.07. The van der Waals surface area contributed by atoms with Crippen molar-refractivity contribution >= 4 is 5.57 Å². The van der Waals surface area contributed by atoms with Crippen LogP contribution in [0.3, 0.4) is 0 Å². The van der Waals surface area contributed by atoms with Gasteiger partial charge in [-0.15, -0.1) is 5.73 Å². The average Bonchev–Trinajstić information content (AvgIpc) is 2.26. The highest BCUT2D eigenvalue weighted by Gasteiger charge is 2.01. The summed E-state index contributed by atoms with van der Waals surface area (Å²) in [5.74, 6) is 0.599. The Morgan fingerprint density at radius 2 is 1.87 bits per heavy atom. The van der Waals surface area contributed by atoms with E-state index in [-0.39, 0.29) is 0 Å². The number of rotatable bonds is 4. The van der Waals surface area contributed by atoms with Crippen molar-refractivity contribution in [3.63, 3.8) is 0 Å². The molecule has 1 aromatic rings. The molecule has 0 saturated heterocycles. The molecule has 80 valence electrons. The molecule has 1 rings (SSSR count). The van der Waals surface area contributed by atoms with Crippen molar-refractivity contribution in [2.75, 3.05) is 0 Å². The van der Waals surface area contributed by atoms with Gasteiger partial charge in [-0.05, 0) is 23.5 Å².